The molecule has 1 amide bonds. The summed E-state index contributed by atoms with van der Waals surface area (Å²) in [7, 11) is 0. The molecule has 32 heavy (non-hydrogen) atoms. The van der Waals surface area contributed by atoms with E-state index in [1.807, 2.05) is 6.92 Å². The van der Waals surface area contributed by atoms with Crippen LogP contribution in [0.15, 0.2) is 55.0 Å². The van der Waals surface area contributed by atoms with Crippen molar-refractivity contribution in [1.82, 2.24) is 14.8 Å². The summed E-state index contributed by atoms with van der Waals surface area (Å²) in [4.78, 5) is 31.2. The van der Waals surface area contributed by atoms with Gasteiger partial charge < -0.3 is 9.64 Å². The van der Waals surface area contributed by atoms with Crippen molar-refractivity contribution in [3.05, 3.63) is 71.8 Å². The molecular weight excluding hydrogens is 445 g/mol. The van der Waals surface area contributed by atoms with Gasteiger partial charge in [0.15, 0.2) is 5.78 Å². The molecule has 0 spiro atoms. The molecule has 2 aromatic heterocycles. The third-order valence-electron chi connectivity index (χ3n) is 4.90. The van der Waals surface area contributed by atoms with Crippen molar-refractivity contribution in [3.8, 4) is 5.75 Å². The van der Waals surface area contributed by atoms with Crippen LogP contribution in [-0.4, -0.2) is 39.4 Å². The first kappa shape index (κ1) is 23.3. The summed E-state index contributed by atoms with van der Waals surface area (Å²) in [6.07, 6.45) is -0.293. The van der Waals surface area contributed by atoms with Crippen LogP contribution in [-0.2, 0) is 6.42 Å². The highest BCUT2D eigenvalue weighted by Gasteiger charge is 2.34. The minimum Gasteiger partial charge on any atom is -0.406 e. The molecule has 1 aromatic carbocycles. The first-order chi connectivity index (χ1) is 14.7. The molecule has 3 heterocycles. The number of alkyl halides is 3. The molecule has 1 aliphatic heterocycles. The average molecular weight is 464 g/mol. The Hall–Kier alpha value is -3.34. The van der Waals surface area contributed by atoms with Crippen LogP contribution >= 0.6 is 13.5 Å². The predicted octanol–water partition coefficient (Wildman–Crippen LogP) is 3.94. The highest BCUT2D eigenvalue weighted by Crippen LogP contribution is 2.30. The third kappa shape index (κ3) is 4.77. The van der Waals surface area contributed by atoms with Gasteiger partial charge in [-0.3, -0.25) is 19.3 Å². The number of nitrogens with zero attached hydrogens (tertiary/aromatic N) is 4. The third-order valence-corrected chi connectivity index (χ3v) is 4.90. The lowest BCUT2D eigenvalue weighted by atomic mass is 10.0. The SMILES string of the molecule is C[C@H]1CN(c2ccc(OC(F)(F)F)cc2)C(=O)c2c(CC(=O)c3cccnc3)cnn21.S. The molecule has 11 heteroatoms. The average Bonchev–Trinajstić information content (AvgIpc) is 3.15. The first-order valence-electron chi connectivity index (χ1n) is 9.40. The smallest absolute Gasteiger partial charge is 0.406 e. The Bertz CT molecular complexity index is 1120. The predicted molar refractivity (Wildman–Crippen MR) is 114 cm³/mol. The zero-order valence-corrected chi connectivity index (χ0v) is 17.8. The van der Waals surface area contributed by atoms with Gasteiger partial charge in [0.2, 0.25) is 0 Å². The Balaban J connectivity index is 0.00000289. The fourth-order valence-electron chi connectivity index (χ4n) is 3.50. The van der Waals surface area contributed by atoms with Crippen LogP contribution in [0, 0.1) is 0 Å². The minimum absolute atomic E-state index is 0. The molecule has 0 radical (unpaired) electrons. The van der Waals surface area contributed by atoms with Gasteiger partial charge in [-0.2, -0.15) is 18.6 Å². The Morgan fingerprint density at radius 2 is 1.91 bits per heavy atom. The van der Waals surface area contributed by atoms with Gasteiger partial charge in [-0.05, 0) is 43.3 Å². The van der Waals surface area contributed by atoms with E-state index in [1.165, 1.54) is 29.4 Å². The van der Waals surface area contributed by atoms with Gasteiger partial charge >= 0.3 is 6.36 Å². The topological polar surface area (TPSA) is 77.3 Å². The molecule has 168 valence electrons. The Kier molecular flexibility index (Phi) is 6.58. The van der Waals surface area contributed by atoms with E-state index < -0.39 is 6.36 Å². The number of halogens is 3. The monoisotopic (exact) mass is 464 g/mol. The molecule has 0 N–H and O–H groups in total. The first-order valence-corrected chi connectivity index (χ1v) is 9.40. The zero-order chi connectivity index (χ0) is 22.2. The van der Waals surface area contributed by atoms with Crippen molar-refractivity contribution < 1.29 is 27.5 Å². The van der Waals surface area contributed by atoms with E-state index in [0.29, 0.717) is 16.8 Å². The molecule has 1 atom stereocenters. The van der Waals surface area contributed by atoms with Crippen molar-refractivity contribution in [2.75, 3.05) is 11.4 Å². The van der Waals surface area contributed by atoms with Crippen LogP contribution < -0.4 is 9.64 Å². The minimum atomic E-state index is -4.79. The molecule has 0 saturated heterocycles. The maximum absolute atomic E-state index is 13.2. The summed E-state index contributed by atoms with van der Waals surface area (Å²) in [6, 6.07) is 8.19. The lowest BCUT2D eigenvalue weighted by Gasteiger charge is -2.32. The number of ether oxygens (including phenoxy) is 1. The fourth-order valence-corrected chi connectivity index (χ4v) is 3.50. The maximum atomic E-state index is 13.2. The normalized spacial score (nSPS) is 15.7. The number of rotatable bonds is 5. The lowest BCUT2D eigenvalue weighted by molar-refractivity contribution is -0.274. The summed E-state index contributed by atoms with van der Waals surface area (Å²) in [6.45, 7) is 2.15. The van der Waals surface area contributed by atoms with Crippen LogP contribution in [0.3, 0.4) is 0 Å². The Morgan fingerprint density at radius 1 is 1.19 bits per heavy atom. The Labute approximate surface area is 188 Å². The second-order valence-electron chi connectivity index (χ2n) is 7.11. The number of fused-ring (bicyclic) bond motifs is 1. The number of hydrogen-bond acceptors (Lipinski definition) is 5. The lowest BCUT2D eigenvalue weighted by Crippen LogP contribution is -2.43. The van der Waals surface area contributed by atoms with E-state index >= 15 is 0 Å². The standard InChI is InChI=1S/C21H17F3N4O3.H2S/c1-13-12-27(16-4-6-17(7-5-16)31-21(22,23)24)20(30)19-15(11-26-28(13)19)9-18(29)14-3-2-8-25-10-14;/h2-8,10-11,13H,9,12H2,1H3;1H2/t13-;/m0./s1. The number of anilines is 1. The van der Waals surface area contributed by atoms with Crippen LogP contribution in [0.1, 0.15) is 39.4 Å². The molecule has 0 fully saturated rings. The summed E-state index contributed by atoms with van der Waals surface area (Å²) < 4.78 is 42.6. The zero-order valence-electron chi connectivity index (χ0n) is 16.8. The van der Waals surface area contributed by atoms with Gasteiger partial charge in [-0.1, -0.05) is 0 Å². The molecule has 4 rings (SSSR count). The largest absolute Gasteiger partial charge is 0.573 e. The van der Waals surface area contributed by atoms with Gasteiger partial charge in [0.05, 0.1) is 12.2 Å². The number of carbonyl (C=O) groups excluding carboxylic acids is 2. The maximum Gasteiger partial charge on any atom is 0.573 e. The summed E-state index contributed by atoms with van der Waals surface area (Å²) in [5, 5.41) is 4.27. The summed E-state index contributed by atoms with van der Waals surface area (Å²) in [5.41, 5.74) is 1.61. The van der Waals surface area contributed by atoms with E-state index in [-0.39, 0.29) is 55.6 Å². The van der Waals surface area contributed by atoms with Crippen LogP contribution in [0.5, 0.6) is 5.75 Å². The van der Waals surface area contributed by atoms with Crippen LogP contribution in [0.25, 0.3) is 0 Å². The van der Waals surface area contributed by atoms with Gasteiger partial charge in [-0.15, -0.1) is 13.2 Å². The van der Waals surface area contributed by atoms with E-state index in [9.17, 15) is 22.8 Å². The number of aromatic nitrogens is 3. The summed E-state index contributed by atoms with van der Waals surface area (Å²) in [5.74, 6) is -0.953. The number of hydrogen-bond donors (Lipinski definition) is 0. The molecule has 0 saturated carbocycles. The number of Topliss-reactive ketones (excluding diaryl/α,β-unsaturated/α-hetero) is 1. The number of ketones is 1. The molecule has 0 unspecified atom stereocenters. The molecule has 3 aromatic rings. The van der Waals surface area contributed by atoms with Gasteiger partial charge in [0, 0.05) is 42.2 Å². The number of carbonyl (C=O) groups is 2. The van der Waals surface area contributed by atoms with Gasteiger partial charge in [0.1, 0.15) is 11.4 Å². The molecule has 7 nitrogen and oxygen atoms in total. The van der Waals surface area contributed by atoms with Crippen LogP contribution in [0.2, 0.25) is 0 Å². The molecular formula is C21H19F3N4O3S. The van der Waals surface area contributed by atoms with Crippen molar-refractivity contribution in [1.29, 1.82) is 0 Å². The van der Waals surface area contributed by atoms with E-state index in [0.717, 1.165) is 12.1 Å². The molecule has 1 aliphatic rings. The second kappa shape index (κ2) is 9.03. The van der Waals surface area contributed by atoms with Crippen molar-refractivity contribution in [3.63, 3.8) is 0 Å². The van der Waals surface area contributed by atoms with Crippen molar-refractivity contribution in [2.45, 2.75) is 25.7 Å². The summed E-state index contributed by atoms with van der Waals surface area (Å²) >= 11 is 0. The van der Waals surface area contributed by atoms with Gasteiger partial charge in [0.25, 0.3) is 5.91 Å². The van der Waals surface area contributed by atoms with Gasteiger partial charge in [-0.25, -0.2) is 0 Å². The molecule has 0 aliphatic carbocycles. The van der Waals surface area contributed by atoms with E-state index in [4.69, 9.17) is 0 Å². The number of benzene rings is 1. The quantitative estimate of drug-likeness (QED) is 0.535. The second-order valence-corrected chi connectivity index (χ2v) is 7.11. The van der Waals surface area contributed by atoms with E-state index in [2.05, 4.69) is 14.8 Å². The Morgan fingerprint density at radius 3 is 2.53 bits per heavy atom. The van der Waals surface area contributed by atoms with Crippen LogP contribution in [0.4, 0.5) is 18.9 Å². The molecule has 0 bridgehead atoms. The highest BCUT2D eigenvalue weighted by atomic mass is 32.1. The number of amides is 1. The number of pyridine rings is 1. The van der Waals surface area contributed by atoms with Crippen molar-refractivity contribution in [2.24, 2.45) is 0 Å². The fraction of sp³-hybridized carbons (Fsp3) is 0.238. The van der Waals surface area contributed by atoms with Crippen molar-refractivity contribution >= 4 is 30.9 Å². The highest BCUT2D eigenvalue weighted by molar-refractivity contribution is 7.59. The van der Waals surface area contributed by atoms with E-state index in [1.54, 1.807) is 23.0 Å².